The van der Waals surface area contributed by atoms with Gasteiger partial charge in [0, 0.05) is 11.3 Å². The van der Waals surface area contributed by atoms with Gasteiger partial charge in [-0.3, -0.25) is 0 Å². The molecule has 0 aliphatic rings. The molecule has 0 aliphatic carbocycles. The fourth-order valence-corrected chi connectivity index (χ4v) is 3.79. The molecule has 0 saturated carbocycles. The smallest absolute Gasteiger partial charge is 0.271 e. The lowest BCUT2D eigenvalue weighted by Gasteiger charge is -2.12. The highest BCUT2D eigenvalue weighted by atomic mass is 32.2. The molecule has 3 heterocycles. The normalized spacial score (nSPS) is 11.0. The molecule has 2 N–H and O–H groups in total. The van der Waals surface area contributed by atoms with Gasteiger partial charge in [0.1, 0.15) is 0 Å². The third kappa shape index (κ3) is 3.93. The molecular weight excluding hydrogens is 436 g/mol. The van der Waals surface area contributed by atoms with Crippen molar-refractivity contribution in [3.63, 3.8) is 0 Å². The lowest BCUT2D eigenvalue weighted by Crippen LogP contribution is -2.17. The second-order valence-corrected chi connectivity index (χ2v) is 7.64. The molecule has 13 heteroatoms. The number of nitrogen functional groups attached to an aromatic ring is 1. The van der Waals surface area contributed by atoms with Crippen LogP contribution in [0.1, 0.15) is 17.3 Å². The third-order valence-electron chi connectivity index (χ3n) is 4.55. The Morgan fingerprint density at radius 2 is 1.69 bits per heavy atom. The van der Waals surface area contributed by atoms with Crippen LogP contribution in [0.5, 0.6) is 17.2 Å². The van der Waals surface area contributed by atoms with Crippen LogP contribution in [0, 0.1) is 13.8 Å². The zero-order chi connectivity index (χ0) is 22.8. The van der Waals surface area contributed by atoms with Gasteiger partial charge >= 0.3 is 0 Å². The first-order valence-corrected chi connectivity index (χ1v) is 10.4. The fourth-order valence-electron chi connectivity index (χ4n) is 3.10. The van der Waals surface area contributed by atoms with E-state index >= 15 is 0 Å². The molecule has 0 aliphatic heterocycles. The molecule has 0 saturated heterocycles. The van der Waals surface area contributed by atoms with E-state index < -0.39 is 0 Å². The van der Waals surface area contributed by atoms with Gasteiger partial charge in [0.2, 0.25) is 22.7 Å². The second-order valence-electron chi connectivity index (χ2n) is 6.70. The molecule has 4 rings (SSSR count). The minimum absolute atomic E-state index is 0.317. The van der Waals surface area contributed by atoms with Gasteiger partial charge in [-0.05, 0) is 32.0 Å². The summed E-state index contributed by atoms with van der Waals surface area (Å²) in [7, 11) is 4.62. The highest BCUT2D eigenvalue weighted by molar-refractivity contribution is 7.98. The third-order valence-corrected chi connectivity index (χ3v) is 5.48. The number of aromatic nitrogens is 7. The average Bonchev–Trinajstić information content (AvgIpc) is 3.49. The summed E-state index contributed by atoms with van der Waals surface area (Å²) in [5, 5.41) is 21.4. The van der Waals surface area contributed by atoms with Gasteiger partial charge in [0.05, 0.1) is 32.8 Å². The molecule has 4 aromatic rings. The summed E-state index contributed by atoms with van der Waals surface area (Å²) >= 11 is 1.32. The Bertz CT molecular complexity index is 1220. The Kier molecular flexibility index (Phi) is 5.90. The van der Waals surface area contributed by atoms with Gasteiger partial charge in [-0.2, -0.15) is 5.10 Å². The van der Waals surface area contributed by atoms with E-state index in [9.17, 15) is 0 Å². The zero-order valence-corrected chi connectivity index (χ0v) is 19.0. The molecule has 0 atom stereocenters. The number of nitrogens with two attached hydrogens (primary N) is 1. The van der Waals surface area contributed by atoms with Crippen molar-refractivity contribution < 1.29 is 18.6 Å². The average molecular weight is 459 g/mol. The van der Waals surface area contributed by atoms with Gasteiger partial charge in [-0.15, -0.1) is 20.4 Å². The molecular formula is C19H22N8O4S. The number of nitrogens with zero attached hydrogens (tertiary/aromatic N) is 7. The number of methoxy groups -OCH3 is 3. The van der Waals surface area contributed by atoms with E-state index in [1.165, 1.54) is 16.4 Å². The van der Waals surface area contributed by atoms with Crippen LogP contribution in [0.2, 0.25) is 0 Å². The summed E-state index contributed by atoms with van der Waals surface area (Å²) in [4.78, 5) is 0. The molecule has 168 valence electrons. The largest absolute Gasteiger partial charge is 0.493 e. The van der Waals surface area contributed by atoms with Crippen molar-refractivity contribution in [2.24, 2.45) is 0 Å². The van der Waals surface area contributed by atoms with Crippen LogP contribution in [0.4, 0.5) is 0 Å². The quantitative estimate of drug-likeness (QED) is 0.307. The topological polar surface area (TPSA) is 141 Å². The summed E-state index contributed by atoms with van der Waals surface area (Å²) < 4.78 is 24.9. The van der Waals surface area contributed by atoms with Crippen molar-refractivity contribution in [1.29, 1.82) is 0 Å². The van der Waals surface area contributed by atoms with Crippen LogP contribution in [0.3, 0.4) is 0 Å². The van der Waals surface area contributed by atoms with E-state index in [0.717, 1.165) is 11.4 Å². The number of rotatable bonds is 8. The van der Waals surface area contributed by atoms with E-state index in [0.29, 0.717) is 51.5 Å². The van der Waals surface area contributed by atoms with E-state index in [2.05, 4.69) is 25.5 Å². The monoisotopic (exact) mass is 458 g/mol. The predicted molar refractivity (Wildman–Crippen MR) is 116 cm³/mol. The summed E-state index contributed by atoms with van der Waals surface area (Å²) in [6, 6.07) is 5.41. The van der Waals surface area contributed by atoms with Crippen molar-refractivity contribution in [2.75, 3.05) is 27.2 Å². The van der Waals surface area contributed by atoms with Crippen molar-refractivity contribution in [3.8, 4) is 34.7 Å². The van der Waals surface area contributed by atoms with Crippen LogP contribution < -0.4 is 20.1 Å². The number of benzene rings is 1. The molecule has 1 aromatic carbocycles. The molecule has 0 spiro atoms. The van der Waals surface area contributed by atoms with Crippen molar-refractivity contribution >= 4 is 11.8 Å². The maximum absolute atomic E-state index is 6.17. The van der Waals surface area contributed by atoms with Crippen LogP contribution in [-0.2, 0) is 5.75 Å². The number of ether oxygens (including phenoxy) is 3. The second kappa shape index (κ2) is 8.78. The number of hydrogen-bond acceptors (Lipinski definition) is 11. The van der Waals surface area contributed by atoms with E-state index in [1.807, 2.05) is 19.9 Å². The Balaban J connectivity index is 1.52. The van der Waals surface area contributed by atoms with Gasteiger partial charge in [0.15, 0.2) is 11.5 Å². The molecule has 0 fully saturated rings. The van der Waals surface area contributed by atoms with E-state index in [4.69, 9.17) is 24.5 Å². The highest BCUT2D eigenvalue weighted by Gasteiger charge is 2.19. The number of hydrogen-bond donors (Lipinski definition) is 1. The molecule has 32 heavy (non-hydrogen) atoms. The molecule has 12 nitrogen and oxygen atoms in total. The molecule has 3 aromatic heterocycles. The maximum atomic E-state index is 6.17. The van der Waals surface area contributed by atoms with Gasteiger partial charge in [-0.25, -0.2) is 9.36 Å². The SMILES string of the molecule is COc1cc(-c2nnc(CSc3nnc(-n4nc(C)cc4C)n3N)o2)cc(OC)c1OC. The Hall–Kier alpha value is -3.74. The molecule has 0 bridgehead atoms. The van der Waals surface area contributed by atoms with Crippen molar-refractivity contribution in [3.05, 3.63) is 35.5 Å². The summed E-state index contributed by atoms with van der Waals surface area (Å²) in [5.41, 5.74) is 2.41. The van der Waals surface area contributed by atoms with E-state index in [-0.39, 0.29) is 0 Å². The first-order chi connectivity index (χ1) is 15.4. The highest BCUT2D eigenvalue weighted by Crippen LogP contribution is 2.41. The summed E-state index contributed by atoms with van der Waals surface area (Å²) in [5.74, 6) is 9.11. The Morgan fingerprint density at radius 1 is 0.969 bits per heavy atom. The minimum Gasteiger partial charge on any atom is -0.493 e. The predicted octanol–water partition coefficient (Wildman–Crippen LogP) is 2.16. The van der Waals surface area contributed by atoms with Gasteiger partial charge in [-0.1, -0.05) is 11.8 Å². The minimum atomic E-state index is 0.317. The van der Waals surface area contributed by atoms with Crippen LogP contribution in [0.15, 0.2) is 27.8 Å². The van der Waals surface area contributed by atoms with Crippen LogP contribution in [-0.4, -0.2) is 56.2 Å². The summed E-state index contributed by atoms with van der Waals surface area (Å²) in [6.45, 7) is 3.82. The Morgan fingerprint density at radius 3 is 2.28 bits per heavy atom. The van der Waals surface area contributed by atoms with Gasteiger partial charge in [0.25, 0.3) is 5.95 Å². The number of aryl methyl sites for hydroxylation is 2. The molecule has 0 radical (unpaired) electrons. The standard InChI is InChI=1S/C19H22N8O4S/c1-10-6-11(2)27(25-10)18-23-24-19(26(18)20)32-9-15-21-22-17(31-15)12-7-13(28-3)16(30-5)14(8-12)29-4/h6-8H,9,20H2,1-5H3. The zero-order valence-electron chi connectivity index (χ0n) is 18.2. The van der Waals surface area contributed by atoms with Crippen LogP contribution >= 0.6 is 11.8 Å². The Labute approximate surface area is 187 Å². The molecule has 0 unspecified atom stereocenters. The fraction of sp³-hybridized carbons (Fsp3) is 0.316. The van der Waals surface area contributed by atoms with Gasteiger partial charge < -0.3 is 24.5 Å². The van der Waals surface area contributed by atoms with Crippen molar-refractivity contribution in [2.45, 2.75) is 24.8 Å². The summed E-state index contributed by atoms with van der Waals surface area (Å²) in [6.07, 6.45) is 0. The first kappa shape index (κ1) is 21.5. The van der Waals surface area contributed by atoms with E-state index in [1.54, 1.807) is 38.1 Å². The van der Waals surface area contributed by atoms with Crippen molar-refractivity contribution in [1.82, 2.24) is 34.9 Å². The maximum Gasteiger partial charge on any atom is 0.271 e. The number of thioether (sulfide) groups is 1. The lowest BCUT2D eigenvalue weighted by molar-refractivity contribution is 0.324. The molecule has 0 amide bonds. The first-order valence-electron chi connectivity index (χ1n) is 9.44. The van der Waals surface area contributed by atoms with Crippen LogP contribution in [0.25, 0.3) is 17.4 Å². The lowest BCUT2D eigenvalue weighted by atomic mass is 10.2.